The highest BCUT2D eigenvalue weighted by Gasteiger charge is 2.00. The van der Waals surface area contributed by atoms with Crippen LogP contribution in [0.4, 0.5) is 5.69 Å². The van der Waals surface area contributed by atoms with Gasteiger partial charge in [0.25, 0.3) is 0 Å². The van der Waals surface area contributed by atoms with Crippen LogP contribution in [0.2, 0.25) is 0 Å². The molecule has 16 heavy (non-hydrogen) atoms. The molecule has 0 spiro atoms. The molecule has 1 rings (SSSR count). The van der Waals surface area contributed by atoms with Crippen molar-refractivity contribution in [2.75, 3.05) is 23.8 Å². The zero-order chi connectivity index (χ0) is 11.8. The van der Waals surface area contributed by atoms with E-state index in [0.29, 0.717) is 0 Å². The van der Waals surface area contributed by atoms with Crippen molar-refractivity contribution in [1.29, 1.82) is 0 Å². The Balaban J connectivity index is 2.14. The zero-order valence-electron chi connectivity index (χ0n) is 10.1. The van der Waals surface area contributed by atoms with Gasteiger partial charge in [0.1, 0.15) is 5.75 Å². The first kappa shape index (κ1) is 13.2. The molecule has 0 bridgehead atoms. The van der Waals surface area contributed by atoms with Crippen LogP contribution in [0, 0.1) is 5.92 Å². The molecule has 0 fully saturated rings. The summed E-state index contributed by atoms with van der Waals surface area (Å²) in [5, 5.41) is 0. The van der Waals surface area contributed by atoms with Gasteiger partial charge in [-0.15, -0.1) is 0 Å². The van der Waals surface area contributed by atoms with Crippen LogP contribution in [0.25, 0.3) is 0 Å². The predicted octanol–water partition coefficient (Wildman–Crippen LogP) is 3.43. The summed E-state index contributed by atoms with van der Waals surface area (Å²) in [5.41, 5.74) is 6.49. The molecule has 0 amide bonds. The number of nitrogen functional groups attached to an aromatic ring is 1. The van der Waals surface area contributed by atoms with E-state index < -0.39 is 0 Å². The lowest BCUT2D eigenvalue weighted by atomic mass is 10.2. The van der Waals surface area contributed by atoms with Gasteiger partial charge in [-0.3, -0.25) is 0 Å². The Kier molecular flexibility index (Phi) is 6.16. The van der Waals surface area contributed by atoms with E-state index in [9.17, 15) is 0 Å². The molecule has 2 nitrogen and oxygen atoms in total. The van der Waals surface area contributed by atoms with Crippen LogP contribution in [0.1, 0.15) is 20.3 Å². The number of hydrogen-bond donors (Lipinski definition) is 1. The topological polar surface area (TPSA) is 35.2 Å². The van der Waals surface area contributed by atoms with Crippen molar-refractivity contribution in [3.05, 3.63) is 24.3 Å². The van der Waals surface area contributed by atoms with Crippen molar-refractivity contribution in [1.82, 2.24) is 0 Å². The highest BCUT2D eigenvalue weighted by Crippen LogP contribution is 2.20. The summed E-state index contributed by atoms with van der Waals surface area (Å²) in [6, 6.07) is 7.63. The van der Waals surface area contributed by atoms with E-state index in [4.69, 9.17) is 10.5 Å². The van der Waals surface area contributed by atoms with Crippen molar-refractivity contribution in [2.45, 2.75) is 20.3 Å². The van der Waals surface area contributed by atoms with Crippen LogP contribution in [0.15, 0.2) is 24.3 Å². The molecule has 1 atom stereocenters. The lowest BCUT2D eigenvalue weighted by Gasteiger charge is -2.10. The quantitative estimate of drug-likeness (QED) is 0.585. The number of ether oxygens (including phenoxy) is 1. The van der Waals surface area contributed by atoms with Gasteiger partial charge < -0.3 is 10.5 Å². The maximum atomic E-state index is 5.77. The Morgan fingerprint density at radius 3 is 2.81 bits per heavy atom. The summed E-state index contributed by atoms with van der Waals surface area (Å²) in [6.45, 7) is 5.24. The first-order valence-electron chi connectivity index (χ1n) is 5.79. The summed E-state index contributed by atoms with van der Waals surface area (Å²) in [5.74, 6) is 3.83. The second kappa shape index (κ2) is 7.44. The van der Waals surface area contributed by atoms with Gasteiger partial charge in [-0.2, -0.15) is 11.8 Å². The molecule has 0 aliphatic carbocycles. The van der Waals surface area contributed by atoms with Crippen molar-refractivity contribution < 1.29 is 4.74 Å². The number of thioether (sulfide) groups is 1. The van der Waals surface area contributed by atoms with Gasteiger partial charge in [0.2, 0.25) is 0 Å². The predicted molar refractivity (Wildman–Crippen MR) is 73.1 cm³/mol. The average molecular weight is 239 g/mol. The fourth-order valence-corrected chi connectivity index (χ4v) is 2.23. The lowest BCUT2D eigenvalue weighted by Crippen LogP contribution is -2.04. The zero-order valence-corrected chi connectivity index (χ0v) is 10.9. The highest BCUT2D eigenvalue weighted by molar-refractivity contribution is 7.99. The molecule has 0 heterocycles. The van der Waals surface area contributed by atoms with Gasteiger partial charge in [-0.25, -0.2) is 0 Å². The third kappa shape index (κ3) is 4.79. The van der Waals surface area contributed by atoms with Crippen LogP contribution >= 0.6 is 11.8 Å². The van der Waals surface area contributed by atoms with Crippen molar-refractivity contribution in [3.63, 3.8) is 0 Å². The third-order valence-electron chi connectivity index (χ3n) is 2.50. The van der Waals surface area contributed by atoms with E-state index in [1.807, 2.05) is 36.0 Å². The molecule has 0 aliphatic heterocycles. The van der Waals surface area contributed by atoms with E-state index in [1.54, 1.807) is 0 Å². The molecular weight excluding hydrogens is 218 g/mol. The lowest BCUT2D eigenvalue weighted by molar-refractivity contribution is 0.345. The largest absolute Gasteiger partial charge is 0.491 e. The highest BCUT2D eigenvalue weighted by atomic mass is 32.2. The Labute approximate surface area is 103 Å². The van der Waals surface area contributed by atoms with Crippen LogP contribution in [0.3, 0.4) is 0 Å². The second-order valence-corrected chi connectivity index (χ2v) is 5.12. The molecule has 2 N–H and O–H groups in total. The van der Waals surface area contributed by atoms with Gasteiger partial charge >= 0.3 is 0 Å². The standard InChI is InChI=1S/C13H21NOS/c1-3-11(2)10-16-9-8-15-13-7-5-4-6-12(13)14/h4-7,11H,3,8-10,14H2,1-2H3. The second-order valence-electron chi connectivity index (χ2n) is 3.97. The van der Waals surface area contributed by atoms with Crippen molar-refractivity contribution >= 4 is 17.4 Å². The molecule has 90 valence electrons. The molecule has 0 saturated carbocycles. The minimum Gasteiger partial charge on any atom is -0.491 e. The average Bonchev–Trinajstić information content (AvgIpc) is 2.30. The summed E-state index contributed by atoms with van der Waals surface area (Å²) in [7, 11) is 0. The van der Waals surface area contributed by atoms with E-state index >= 15 is 0 Å². The van der Waals surface area contributed by atoms with E-state index in [-0.39, 0.29) is 0 Å². The first-order chi connectivity index (χ1) is 7.74. The Morgan fingerprint density at radius 2 is 2.12 bits per heavy atom. The number of para-hydroxylation sites is 2. The number of benzene rings is 1. The minimum absolute atomic E-state index is 0.717. The summed E-state index contributed by atoms with van der Waals surface area (Å²) < 4.78 is 5.61. The molecule has 1 unspecified atom stereocenters. The van der Waals surface area contributed by atoms with Crippen LogP contribution < -0.4 is 10.5 Å². The number of rotatable bonds is 7. The summed E-state index contributed by atoms with van der Waals surface area (Å²) in [4.78, 5) is 0. The summed E-state index contributed by atoms with van der Waals surface area (Å²) in [6.07, 6.45) is 1.25. The normalized spacial score (nSPS) is 12.4. The van der Waals surface area contributed by atoms with E-state index in [2.05, 4.69) is 13.8 Å². The minimum atomic E-state index is 0.717. The Morgan fingerprint density at radius 1 is 1.38 bits per heavy atom. The number of nitrogens with two attached hydrogens (primary N) is 1. The number of anilines is 1. The molecule has 0 aromatic heterocycles. The smallest absolute Gasteiger partial charge is 0.142 e. The number of hydrogen-bond acceptors (Lipinski definition) is 3. The molecule has 3 heteroatoms. The van der Waals surface area contributed by atoms with Gasteiger partial charge in [0, 0.05) is 5.75 Å². The molecule has 1 aromatic rings. The maximum Gasteiger partial charge on any atom is 0.142 e. The van der Waals surface area contributed by atoms with Gasteiger partial charge in [0.15, 0.2) is 0 Å². The molecule has 0 aliphatic rings. The third-order valence-corrected chi connectivity index (χ3v) is 3.76. The first-order valence-corrected chi connectivity index (χ1v) is 6.94. The monoisotopic (exact) mass is 239 g/mol. The van der Waals surface area contributed by atoms with Gasteiger partial charge in [0.05, 0.1) is 12.3 Å². The molecule has 0 radical (unpaired) electrons. The SMILES string of the molecule is CCC(C)CSCCOc1ccccc1N. The molecule has 0 saturated heterocycles. The van der Waals surface area contributed by atoms with Gasteiger partial charge in [-0.1, -0.05) is 32.4 Å². The van der Waals surface area contributed by atoms with Crippen molar-refractivity contribution in [3.8, 4) is 5.75 Å². The van der Waals surface area contributed by atoms with Crippen LogP contribution in [0.5, 0.6) is 5.75 Å². The molecule has 1 aromatic carbocycles. The van der Waals surface area contributed by atoms with Crippen molar-refractivity contribution in [2.24, 2.45) is 5.92 Å². The fraction of sp³-hybridized carbons (Fsp3) is 0.538. The van der Waals surface area contributed by atoms with E-state index in [0.717, 1.165) is 29.7 Å². The Bertz CT molecular complexity index is 304. The molecular formula is C13H21NOS. The van der Waals surface area contributed by atoms with Crippen LogP contribution in [-0.4, -0.2) is 18.1 Å². The maximum absolute atomic E-state index is 5.77. The fourth-order valence-electron chi connectivity index (χ4n) is 1.22. The van der Waals surface area contributed by atoms with Crippen LogP contribution in [-0.2, 0) is 0 Å². The van der Waals surface area contributed by atoms with Gasteiger partial charge in [-0.05, 0) is 23.8 Å². The summed E-state index contributed by atoms with van der Waals surface area (Å²) >= 11 is 1.95. The van der Waals surface area contributed by atoms with E-state index in [1.165, 1.54) is 12.2 Å². The Hall–Kier alpha value is -0.830.